The molecule has 1 aromatic carbocycles. The van der Waals surface area contributed by atoms with Crippen LogP contribution in [0, 0.1) is 11.8 Å². The van der Waals surface area contributed by atoms with Crippen LogP contribution < -0.4 is 10.6 Å². The van der Waals surface area contributed by atoms with E-state index >= 15 is 0 Å². The number of sulfonamides is 1. The van der Waals surface area contributed by atoms with Gasteiger partial charge < -0.3 is 15.5 Å². The monoisotopic (exact) mass is 408 g/mol. The molecule has 2 saturated heterocycles. The number of amides is 2. The number of hydrogen-bond acceptors (Lipinski definition) is 5. The predicted octanol–water partition coefficient (Wildman–Crippen LogP) is -0.109. The minimum Gasteiger partial charge on any atom is -0.371 e. The Labute approximate surface area is 166 Å². The van der Waals surface area contributed by atoms with E-state index < -0.39 is 10.0 Å². The lowest BCUT2D eigenvalue weighted by atomic mass is 10.0. The van der Waals surface area contributed by atoms with Crippen LogP contribution in [-0.2, 0) is 26.0 Å². The highest BCUT2D eigenvalue weighted by atomic mass is 32.2. The smallest absolute Gasteiger partial charge is 0.237 e. The number of carbonyl (C=O) groups is 2. The molecule has 1 aromatic rings. The van der Waals surface area contributed by atoms with Crippen LogP contribution >= 0.6 is 0 Å². The number of likely N-dealkylation sites (N-methyl/N-ethyl adjacent to an activating group) is 1. The fourth-order valence-electron chi connectivity index (χ4n) is 3.99. The fraction of sp³-hybridized carbons (Fsp3) is 0.579. The van der Waals surface area contributed by atoms with E-state index in [2.05, 4.69) is 17.0 Å². The van der Waals surface area contributed by atoms with Gasteiger partial charge in [-0.1, -0.05) is 12.1 Å². The summed E-state index contributed by atoms with van der Waals surface area (Å²) in [6, 6.07) is 8.17. The summed E-state index contributed by atoms with van der Waals surface area (Å²) in [6.07, 6.45) is 2.09. The first-order valence-electron chi connectivity index (χ1n) is 9.44. The van der Waals surface area contributed by atoms with Crippen molar-refractivity contribution >= 4 is 27.5 Å². The molecule has 0 saturated carbocycles. The summed E-state index contributed by atoms with van der Waals surface area (Å²) in [5.41, 5.74) is 7.46. The number of anilines is 1. The third-order valence-electron chi connectivity index (χ3n) is 5.70. The van der Waals surface area contributed by atoms with Gasteiger partial charge in [0.15, 0.2) is 0 Å². The van der Waals surface area contributed by atoms with Gasteiger partial charge in [-0.2, -0.15) is 4.31 Å². The Hall–Kier alpha value is -2.13. The van der Waals surface area contributed by atoms with Crippen molar-refractivity contribution in [2.24, 2.45) is 17.6 Å². The van der Waals surface area contributed by atoms with Gasteiger partial charge in [-0.15, -0.1) is 0 Å². The van der Waals surface area contributed by atoms with E-state index in [0.29, 0.717) is 37.8 Å². The number of rotatable bonds is 7. The lowest BCUT2D eigenvalue weighted by Crippen LogP contribution is -2.41. The fourth-order valence-corrected chi connectivity index (χ4v) is 4.34. The molecule has 0 radical (unpaired) electrons. The molecule has 154 valence electrons. The molecule has 2 amide bonds. The van der Waals surface area contributed by atoms with Crippen molar-refractivity contribution in [3.63, 3.8) is 0 Å². The Kier molecular flexibility index (Phi) is 5.95. The van der Waals surface area contributed by atoms with Crippen molar-refractivity contribution in [3.8, 4) is 0 Å². The number of carbonyl (C=O) groups excluding carboxylic acids is 2. The van der Waals surface area contributed by atoms with Crippen LogP contribution in [0.4, 0.5) is 5.69 Å². The van der Waals surface area contributed by atoms with Crippen LogP contribution in [0.25, 0.3) is 0 Å². The average molecular weight is 409 g/mol. The first-order chi connectivity index (χ1) is 13.1. The second kappa shape index (κ2) is 8.08. The van der Waals surface area contributed by atoms with Crippen molar-refractivity contribution in [2.45, 2.75) is 12.8 Å². The molecule has 3 rings (SSSR count). The van der Waals surface area contributed by atoms with Crippen LogP contribution in [0.2, 0.25) is 0 Å². The highest BCUT2D eigenvalue weighted by molar-refractivity contribution is 7.88. The lowest BCUT2D eigenvalue weighted by Gasteiger charge is -2.25. The molecule has 8 nitrogen and oxygen atoms in total. The van der Waals surface area contributed by atoms with E-state index in [1.54, 1.807) is 4.90 Å². The summed E-state index contributed by atoms with van der Waals surface area (Å²) in [7, 11) is -1.93. The molecule has 0 aliphatic carbocycles. The zero-order valence-electron chi connectivity index (χ0n) is 16.4. The Balaban J connectivity index is 1.56. The molecule has 0 aromatic heterocycles. The molecule has 2 aliphatic rings. The van der Waals surface area contributed by atoms with Gasteiger partial charge in [-0.05, 0) is 24.1 Å². The molecule has 2 fully saturated rings. The molecular formula is C19H28N4O4S. The molecule has 2 unspecified atom stereocenters. The summed E-state index contributed by atoms with van der Waals surface area (Å²) in [4.78, 5) is 27.5. The van der Waals surface area contributed by atoms with Gasteiger partial charge in [0.2, 0.25) is 21.8 Å². The Morgan fingerprint density at radius 3 is 2.39 bits per heavy atom. The second-order valence-electron chi connectivity index (χ2n) is 7.88. The number of nitrogens with two attached hydrogens (primary N) is 1. The maximum atomic E-state index is 12.4. The normalized spacial score (nSPS) is 22.0. The van der Waals surface area contributed by atoms with Gasteiger partial charge in [0, 0.05) is 57.2 Å². The van der Waals surface area contributed by atoms with Crippen molar-refractivity contribution < 1.29 is 18.0 Å². The number of aryl methyl sites for hydroxylation is 1. The zero-order valence-corrected chi connectivity index (χ0v) is 17.2. The first-order valence-corrected chi connectivity index (χ1v) is 11.3. The number of likely N-dealkylation sites (tertiary alicyclic amines) is 1. The van der Waals surface area contributed by atoms with Gasteiger partial charge in [0.25, 0.3) is 0 Å². The predicted molar refractivity (Wildman–Crippen MR) is 107 cm³/mol. The Morgan fingerprint density at radius 1 is 1.18 bits per heavy atom. The summed E-state index contributed by atoms with van der Waals surface area (Å²) in [5, 5.41) is 0. The van der Waals surface area contributed by atoms with Crippen molar-refractivity contribution in [1.29, 1.82) is 0 Å². The minimum atomic E-state index is -3.36. The van der Waals surface area contributed by atoms with E-state index in [9.17, 15) is 18.0 Å². The summed E-state index contributed by atoms with van der Waals surface area (Å²) < 4.78 is 24.1. The standard InChI is InChI=1S/C19H28N4O4S/c1-21(28(2,26)27)13-19(25)23-11-15-9-22(10-16(15)12-23)17-5-3-4-14(8-17)6-7-18(20)24/h3-5,8,15-16H,6-7,9-13H2,1-2H3,(H2,20,24). The molecule has 2 aliphatic heterocycles. The van der Waals surface area contributed by atoms with E-state index in [4.69, 9.17) is 5.73 Å². The van der Waals surface area contributed by atoms with E-state index in [-0.39, 0.29) is 18.4 Å². The number of fused-ring (bicyclic) bond motifs is 1. The summed E-state index contributed by atoms with van der Waals surface area (Å²) in [6.45, 7) is 2.97. The van der Waals surface area contributed by atoms with E-state index in [1.165, 1.54) is 7.05 Å². The number of benzene rings is 1. The third kappa shape index (κ3) is 4.82. The molecular weight excluding hydrogens is 380 g/mol. The zero-order chi connectivity index (χ0) is 20.5. The maximum absolute atomic E-state index is 12.4. The number of hydrogen-bond donors (Lipinski definition) is 1. The molecule has 2 atom stereocenters. The van der Waals surface area contributed by atoms with Gasteiger partial charge in [0.05, 0.1) is 12.8 Å². The number of primary amides is 1. The SMILES string of the molecule is CN(CC(=O)N1CC2CN(c3cccc(CCC(N)=O)c3)CC2C1)S(C)(=O)=O. The van der Waals surface area contributed by atoms with Crippen molar-refractivity contribution in [2.75, 3.05) is 50.9 Å². The van der Waals surface area contributed by atoms with Crippen LogP contribution in [0.15, 0.2) is 24.3 Å². The largest absolute Gasteiger partial charge is 0.371 e. The highest BCUT2D eigenvalue weighted by Crippen LogP contribution is 2.34. The van der Waals surface area contributed by atoms with Crippen molar-refractivity contribution in [1.82, 2.24) is 9.21 Å². The minimum absolute atomic E-state index is 0.107. The van der Waals surface area contributed by atoms with E-state index in [0.717, 1.165) is 34.9 Å². The lowest BCUT2D eigenvalue weighted by molar-refractivity contribution is -0.130. The van der Waals surface area contributed by atoms with Gasteiger partial charge >= 0.3 is 0 Å². The third-order valence-corrected chi connectivity index (χ3v) is 6.96. The van der Waals surface area contributed by atoms with Gasteiger partial charge in [0.1, 0.15) is 0 Å². The van der Waals surface area contributed by atoms with Crippen LogP contribution in [0.5, 0.6) is 0 Å². The summed E-state index contributed by atoms with van der Waals surface area (Å²) >= 11 is 0. The van der Waals surface area contributed by atoms with Gasteiger partial charge in [-0.25, -0.2) is 8.42 Å². The average Bonchev–Trinajstić information content (AvgIpc) is 3.18. The summed E-state index contributed by atoms with van der Waals surface area (Å²) in [5.74, 6) is 0.346. The van der Waals surface area contributed by atoms with Crippen LogP contribution in [-0.4, -0.2) is 75.5 Å². The molecule has 0 bridgehead atoms. The molecule has 2 N–H and O–H groups in total. The number of nitrogens with zero attached hydrogens (tertiary/aromatic N) is 3. The van der Waals surface area contributed by atoms with Gasteiger partial charge in [-0.3, -0.25) is 9.59 Å². The van der Waals surface area contributed by atoms with Crippen LogP contribution in [0.1, 0.15) is 12.0 Å². The highest BCUT2D eigenvalue weighted by Gasteiger charge is 2.41. The quantitative estimate of drug-likeness (QED) is 0.678. The molecule has 28 heavy (non-hydrogen) atoms. The topological polar surface area (TPSA) is 104 Å². The molecule has 9 heteroatoms. The van der Waals surface area contributed by atoms with Crippen molar-refractivity contribution in [3.05, 3.63) is 29.8 Å². The maximum Gasteiger partial charge on any atom is 0.237 e. The molecule has 2 heterocycles. The van der Waals surface area contributed by atoms with E-state index in [1.807, 2.05) is 12.1 Å². The first kappa shape index (κ1) is 20.6. The molecule has 0 spiro atoms. The Bertz CT molecular complexity index is 843. The second-order valence-corrected chi connectivity index (χ2v) is 9.97. The van der Waals surface area contributed by atoms with Crippen LogP contribution in [0.3, 0.4) is 0 Å². The Morgan fingerprint density at radius 2 is 1.82 bits per heavy atom.